The number of carbonyl (C=O) groups is 1. The van der Waals surface area contributed by atoms with Crippen molar-refractivity contribution in [2.24, 2.45) is 17.8 Å². The van der Waals surface area contributed by atoms with Crippen molar-refractivity contribution in [2.75, 3.05) is 0 Å². The van der Waals surface area contributed by atoms with Crippen molar-refractivity contribution < 1.29 is 9.21 Å². The fourth-order valence-electron chi connectivity index (χ4n) is 5.27. The molecule has 0 aromatic carbocycles. The highest BCUT2D eigenvalue weighted by molar-refractivity contribution is 5.91. The first-order valence-corrected chi connectivity index (χ1v) is 8.17. The van der Waals surface area contributed by atoms with Crippen LogP contribution in [0.4, 0.5) is 0 Å². The molecule has 1 aromatic heterocycles. The SMILES string of the molecule is Cc1ccc(C=CC(=O)NC23CC4CC(CC(C4)C2)C3)o1. The molecule has 0 unspecified atom stereocenters. The summed E-state index contributed by atoms with van der Waals surface area (Å²) in [6.45, 7) is 1.91. The van der Waals surface area contributed by atoms with Gasteiger partial charge < -0.3 is 9.73 Å². The molecule has 112 valence electrons. The second-order valence-corrected chi connectivity index (χ2v) is 7.47. The Labute approximate surface area is 125 Å². The molecule has 4 fully saturated rings. The van der Waals surface area contributed by atoms with E-state index in [4.69, 9.17) is 4.42 Å². The molecule has 0 atom stereocenters. The van der Waals surface area contributed by atoms with Crippen LogP contribution in [0.1, 0.15) is 50.0 Å². The van der Waals surface area contributed by atoms with E-state index in [0.717, 1.165) is 29.3 Å². The highest BCUT2D eigenvalue weighted by Gasteiger charge is 2.51. The number of amides is 1. The molecule has 3 nitrogen and oxygen atoms in total. The number of nitrogens with one attached hydrogen (secondary N) is 1. The number of furan rings is 1. The van der Waals surface area contributed by atoms with E-state index >= 15 is 0 Å². The molecule has 1 aromatic rings. The summed E-state index contributed by atoms with van der Waals surface area (Å²) in [6, 6.07) is 3.81. The Hall–Kier alpha value is -1.51. The van der Waals surface area contributed by atoms with Gasteiger partial charge in [0.1, 0.15) is 11.5 Å². The number of hydrogen-bond donors (Lipinski definition) is 1. The van der Waals surface area contributed by atoms with Gasteiger partial charge in [-0.25, -0.2) is 0 Å². The van der Waals surface area contributed by atoms with Crippen molar-refractivity contribution in [3.63, 3.8) is 0 Å². The lowest BCUT2D eigenvalue weighted by Crippen LogP contribution is -2.59. The molecule has 4 aliphatic carbocycles. The van der Waals surface area contributed by atoms with Gasteiger partial charge in [0.2, 0.25) is 5.91 Å². The number of hydrogen-bond acceptors (Lipinski definition) is 2. The molecule has 4 bridgehead atoms. The molecule has 3 heteroatoms. The van der Waals surface area contributed by atoms with Crippen LogP contribution in [0.15, 0.2) is 22.6 Å². The summed E-state index contributed by atoms with van der Waals surface area (Å²) >= 11 is 0. The Morgan fingerprint density at radius 3 is 2.33 bits per heavy atom. The Balaban J connectivity index is 1.43. The van der Waals surface area contributed by atoms with E-state index in [2.05, 4.69) is 5.32 Å². The molecule has 0 aliphatic heterocycles. The minimum atomic E-state index is 0.0333. The van der Waals surface area contributed by atoms with E-state index < -0.39 is 0 Å². The second kappa shape index (κ2) is 4.75. The van der Waals surface area contributed by atoms with Gasteiger partial charge in [0.15, 0.2) is 0 Å². The molecule has 4 saturated carbocycles. The van der Waals surface area contributed by atoms with Crippen LogP contribution >= 0.6 is 0 Å². The molecule has 5 rings (SSSR count). The van der Waals surface area contributed by atoms with Gasteiger partial charge in [0.25, 0.3) is 0 Å². The van der Waals surface area contributed by atoms with Crippen LogP contribution in [0.2, 0.25) is 0 Å². The average Bonchev–Trinajstić information content (AvgIpc) is 2.80. The predicted molar refractivity (Wildman–Crippen MR) is 81.5 cm³/mol. The summed E-state index contributed by atoms with van der Waals surface area (Å²) in [7, 11) is 0. The molecule has 1 heterocycles. The highest BCUT2D eigenvalue weighted by Crippen LogP contribution is 2.55. The standard InChI is InChI=1S/C18H23NO2/c1-12-2-3-16(21-12)4-5-17(20)19-18-9-13-6-14(10-18)8-15(7-13)11-18/h2-5,13-15H,6-11H2,1H3,(H,19,20). The zero-order valence-corrected chi connectivity index (χ0v) is 12.6. The maximum atomic E-state index is 12.3. The number of aryl methyl sites for hydroxylation is 1. The summed E-state index contributed by atoms with van der Waals surface area (Å²) in [5.74, 6) is 4.21. The Kier molecular flexibility index (Phi) is 2.98. The molecule has 4 aliphatic rings. The van der Waals surface area contributed by atoms with Crippen molar-refractivity contribution in [1.82, 2.24) is 5.32 Å². The summed E-state index contributed by atoms with van der Waals surface area (Å²) in [5, 5.41) is 3.33. The quantitative estimate of drug-likeness (QED) is 0.861. The zero-order chi connectivity index (χ0) is 14.4. The summed E-state index contributed by atoms with van der Waals surface area (Å²) in [6.07, 6.45) is 11.2. The summed E-state index contributed by atoms with van der Waals surface area (Å²) in [4.78, 5) is 12.3. The van der Waals surface area contributed by atoms with Gasteiger partial charge in [-0.05, 0) is 81.4 Å². The molecule has 0 saturated heterocycles. The first-order valence-electron chi connectivity index (χ1n) is 8.17. The predicted octanol–water partition coefficient (Wildman–Crippen LogP) is 3.69. The van der Waals surface area contributed by atoms with Crippen LogP contribution in [0.5, 0.6) is 0 Å². The zero-order valence-electron chi connectivity index (χ0n) is 12.6. The van der Waals surface area contributed by atoms with Crippen LogP contribution in [-0.4, -0.2) is 11.4 Å². The lowest BCUT2D eigenvalue weighted by atomic mass is 9.53. The van der Waals surface area contributed by atoms with Crippen LogP contribution < -0.4 is 5.32 Å². The Bertz CT molecular complexity index is 549. The average molecular weight is 285 g/mol. The van der Waals surface area contributed by atoms with Crippen molar-refractivity contribution in [1.29, 1.82) is 0 Å². The fourth-order valence-corrected chi connectivity index (χ4v) is 5.27. The number of rotatable bonds is 3. The number of carbonyl (C=O) groups excluding carboxylic acids is 1. The van der Waals surface area contributed by atoms with Gasteiger partial charge >= 0.3 is 0 Å². The minimum absolute atomic E-state index is 0.0333. The van der Waals surface area contributed by atoms with Crippen LogP contribution in [0.25, 0.3) is 6.08 Å². The third-order valence-corrected chi connectivity index (χ3v) is 5.59. The van der Waals surface area contributed by atoms with E-state index in [1.807, 2.05) is 19.1 Å². The lowest BCUT2D eigenvalue weighted by Gasteiger charge is -2.56. The summed E-state index contributed by atoms with van der Waals surface area (Å²) < 4.78 is 5.46. The maximum Gasteiger partial charge on any atom is 0.244 e. The summed E-state index contributed by atoms with van der Waals surface area (Å²) in [5.41, 5.74) is 0.0925. The normalized spacial score (nSPS) is 37.3. The van der Waals surface area contributed by atoms with E-state index in [-0.39, 0.29) is 11.4 Å². The Morgan fingerprint density at radius 2 is 1.81 bits per heavy atom. The molecular formula is C18H23NO2. The monoisotopic (exact) mass is 285 g/mol. The van der Waals surface area contributed by atoms with E-state index in [0.29, 0.717) is 0 Å². The van der Waals surface area contributed by atoms with Gasteiger partial charge in [-0.1, -0.05) is 0 Å². The van der Waals surface area contributed by atoms with Crippen molar-refractivity contribution >= 4 is 12.0 Å². The van der Waals surface area contributed by atoms with Crippen LogP contribution in [0, 0.1) is 24.7 Å². The molecule has 0 radical (unpaired) electrons. The van der Waals surface area contributed by atoms with Crippen molar-refractivity contribution in [3.8, 4) is 0 Å². The van der Waals surface area contributed by atoms with Crippen molar-refractivity contribution in [2.45, 2.75) is 51.0 Å². The lowest BCUT2D eigenvalue weighted by molar-refractivity contribution is -0.122. The molecule has 21 heavy (non-hydrogen) atoms. The first kappa shape index (κ1) is 13.2. The topological polar surface area (TPSA) is 42.2 Å². The van der Waals surface area contributed by atoms with Gasteiger partial charge in [-0.15, -0.1) is 0 Å². The van der Waals surface area contributed by atoms with Crippen molar-refractivity contribution in [3.05, 3.63) is 29.7 Å². The fraction of sp³-hybridized carbons (Fsp3) is 0.611. The first-order chi connectivity index (χ1) is 10.1. The van der Waals surface area contributed by atoms with Gasteiger partial charge in [0.05, 0.1) is 0 Å². The van der Waals surface area contributed by atoms with Crippen LogP contribution in [-0.2, 0) is 4.79 Å². The molecule has 1 N–H and O–H groups in total. The van der Waals surface area contributed by atoms with Gasteiger partial charge in [-0.2, -0.15) is 0 Å². The van der Waals surface area contributed by atoms with Gasteiger partial charge in [0, 0.05) is 11.6 Å². The smallest absolute Gasteiger partial charge is 0.244 e. The maximum absolute atomic E-state index is 12.3. The minimum Gasteiger partial charge on any atom is -0.462 e. The molecule has 1 amide bonds. The van der Waals surface area contributed by atoms with Gasteiger partial charge in [-0.3, -0.25) is 4.79 Å². The Morgan fingerprint density at radius 1 is 1.19 bits per heavy atom. The van der Waals surface area contributed by atoms with E-state index in [1.54, 1.807) is 12.2 Å². The van der Waals surface area contributed by atoms with Crippen LogP contribution in [0.3, 0.4) is 0 Å². The third kappa shape index (κ3) is 2.54. The van der Waals surface area contributed by atoms with E-state index in [9.17, 15) is 4.79 Å². The molecule has 0 spiro atoms. The highest BCUT2D eigenvalue weighted by atomic mass is 16.3. The molecular weight excluding hydrogens is 262 g/mol. The van der Waals surface area contributed by atoms with E-state index in [1.165, 1.54) is 38.5 Å². The third-order valence-electron chi connectivity index (χ3n) is 5.59. The largest absolute Gasteiger partial charge is 0.462 e. The second-order valence-electron chi connectivity index (χ2n) is 7.47.